The van der Waals surface area contributed by atoms with Crippen LogP contribution in [0.5, 0.6) is 0 Å². The van der Waals surface area contributed by atoms with Gasteiger partial charge in [-0.05, 0) is 43.4 Å². The summed E-state index contributed by atoms with van der Waals surface area (Å²) in [6.45, 7) is 0. The van der Waals surface area contributed by atoms with E-state index in [1.165, 1.54) is 38.4 Å². The number of carbonyl (C=O) groups is 2. The standard InChI is InChI=1S/C18H21BrF3NO3/c1-23(15(18(20,21)22)11-7-9-14(19)10-8-11)16(24)12-3-5-13(6-4-12)17(25)26-2/h7-10,12-13,15H,3-6H2,1-2H3/t12?,13?,15-/m1/s1. The number of alkyl halides is 3. The summed E-state index contributed by atoms with van der Waals surface area (Å²) in [6, 6.07) is 3.77. The number of amides is 1. The van der Waals surface area contributed by atoms with Crippen LogP contribution in [-0.2, 0) is 14.3 Å². The third-order valence-corrected chi connectivity index (χ3v) is 5.37. The number of rotatable bonds is 4. The van der Waals surface area contributed by atoms with Crippen LogP contribution in [0.15, 0.2) is 28.7 Å². The summed E-state index contributed by atoms with van der Waals surface area (Å²) in [7, 11) is 2.49. The molecule has 1 aromatic carbocycles. The Labute approximate surface area is 158 Å². The van der Waals surface area contributed by atoms with Crippen molar-refractivity contribution in [3.63, 3.8) is 0 Å². The Balaban J connectivity index is 2.13. The molecule has 0 N–H and O–H groups in total. The van der Waals surface area contributed by atoms with Crippen LogP contribution < -0.4 is 0 Å². The predicted octanol–water partition coefficient (Wildman–Crippen LogP) is 4.49. The van der Waals surface area contributed by atoms with E-state index in [0.717, 1.165) is 4.90 Å². The maximum atomic E-state index is 13.6. The normalized spacial score (nSPS) is 21.8. The van der Waals surface area contributed by atoms with Crippen molar-refractivity contribution in [1.29, 1.82) is 0 Å². The molecule has 0 saturated heterocycles. The number of ether oxygens (including phenoxy) is 1. The Bertz CT molecular complexity index is 640. The van der Waals surface area contributed by atoms with Gasteiger partial charge in [-0.3, -0.25) is 9.59 Å². The molecule has 1 atom stereocenters. The Kier molecular flexibility index (Phi) is 6.71. The van der Waals surface area contributed by atoms with Crippen molar-refractivity contribution in [2.75, 3.05) is 14.2 Å². The topological polar surface area (TPSA) is 46.6 Å². The molecule has 1 aliphatic carbocycles. The Morgan fingerprint density at radius 1 is 1.12 bits per heavy atom. The number of hydrogen-bond acceptors (Lipinski definition) is 3. The predicted molar refractivity (Wildman–Crippen MR) is 93.2 cm³/mol. The molecule has 1 aromatic rings. The van der Waals surface area contributed by atoms with Crippen molar-refractivity contribution in [3.8, 4) is 0 Å². The molecule has 1 saturated carbocycles. The smallest absolute Gasteiger partial charge is 0.413 e. The van der Waals surface area contributed by atoms with Gasteiger partial charge in [-0.2, -0.15) is 13.2 Å². The van der Waals surface area contributed by atoms with Crippen LogP contribution in [0.25, 0.3) is 0 Å². The summed E-state index contributed by atoms with van der Waals surface area (Å²) >= 11 is 3.20. The number of carbonyl (C=O) groups excluding carboxylic acids is 2. The fourth-order valence-electron chi connectivity index (χ4n) is 3.44. The lowest BCUT2D eigenvalue weighted by atomic mass is 9.81. The van der Waals surface area contributed by atoms with Crippen LogP contribution in [0.3, 0.4) is 0 Å². The Hall–Kier alpha value is -1.57. The molecule has 2 rings (SSSR count). The zero-order valence-corrected chi connectivity index (χ0v) is 16.1. The molecule has 0 unspecified atom stereocenters. The molecule has 0 aliphatic heterocycles. The van der Waals surface area contributed by atoms with E-state index in [1.54, 1.807) is 0 Å². The molecule has 0 bridgehead atoms. The summed E-state index contributed by atoms with van der Waals surface area (Å²) in [5.74, 6) is -1.66. The first-order valence-corrected chi connectivity index (χ1v) is 9.11. The van der Waals surface area contributed by atoms with Crippen LogP contribution in [0.1, 0.15) is 37.3 Å². The van der Waals surface area contributed by atoms with E-state index in [1.807, 2.05) is 0 Å². The summed E-state index contributed by atoms with van der Waals surface area (Å²) in [5.41, 5.74) is 0.0137. The summed E-state index contributed by atoms with van der Waals surface area (Å²) in [6.07, 6.45) is -2.92. The lowest BCUT2D eigenvalue weighted by molar-refractivity contribution is -0.191. The van der Waals surface area contributed by atoms with Crippen molar-refractivity contribution < 1.29 is 27.5 Å². The van der Waals surface area contributed by atoms with Gasteiger partial charge >= 0.3 is 12.1 Å². The monoisotopic (exact) mass is 435 g/mol. The highest BCUT2D eigenvalue weighted by Crippen LogP contribution is 2.39. The van der Waals surface area contributed by atoms with Gasteiger partial charge in [0.15, 0.2) is 6.04 Å². The van der Waals surface area contributed by atoms with Gasteiger partial charge in [-0.15, -0.1) is 0 Å². The molecule has 0 aromatic heterocycles. The summed E-state index contributed by atoms with van der Waals surface area (Å²) in [4.78, 5) is 25.0. The van der Waals surface area contributed by atoms with E-state index < -0.39 is 24.0 Å². The number of nitrogens with zero attached hydrogens (tertiary/aromatic N) is 1. The summed E-state index contributed by atoms with van der Waals surface area (Å²) < 4.78 is 46.3. The quantitative estimate of drug-likeness (QED) is 0.654. The van der Waals surface area contributed by atoms with E-state index in [0.29, 0.717) is 30.2 Å². The number of halogens is 4. The highest BCUT2D eigenvalue weighted by molar-refractivity contribution is 9.10. The van der Waals surface area contributed by atoms with Crippen LogP contribution in [0.2, 0.25) is 0 Å². The first kappa shape index (κ1) is 20.7. The average Bonchev–Trinajstić information content (AvgIpc) is 2.61. The lowest BCUT2D eigenvalue weighted by Gasteiger charge is -2.35. The molecular weight excluding hydrogens is 415 g/mol. The molecule has 8 heteroatoms. The molecule has 1 aliphatic rings. The summed E-state index contributed by atoms with van der Waals surface area (Å²) in [5, 5.41) is 0. The number of benzene rings is 1. The molecular formula is C18H21BrF3NO3. The number of methoxy groups -OCH3 is 1. The highest BCUT2D eigenvalue weighted by Gasteiger charge is 2.46. The minimum absolute atomic E-state index is 0.0137. The van der Waals surface area contributed by atoms with Crippen molar-refractivity contribution in [2.45, 2.75) is 37.9 Å². The maximum Gasteiger partial charge on any atom is 0.413 e. The van der Waals surface area contributed by atoms with E-state index >= 15 is 0 Å². The fourth-order valence-corrected chi connectivity index (χ4v) is 3.70. The second-order valence-electron chi connectivity index (χ2n) is 6.52. The van der Waals surface area contributed by atoms with Crippen LogP contribution in [0.4, 0.5) is 13.2 Å². The van der Waals surface area contributed by atoms with Crippen LogP contribution in [0, 0.1) is 11.8 Å². The fraction of sp³-hybridized carbons (Fsp3) is 0.556. The van der Waals surface area contributed by atoms with E-state index in [-0.39, 0.29) is 17.5 Å². The van der Waals surface area contributed by atoms with Crippen LogP contribution >= 0.6 is 15.9 Å². The van der Waals surface area contributed by atoms with Crippen molar-refractivity contribution in [2.24, 2.45) is 11.8 Å². The lowest BCUT2D eigenvalue weighted by Crippen LogP contribution is -2.43. The van der Waals surface area contributed by atoms with Gasteiger partial charge in [0.2, 0.25) is 5.91 Å². The molecule has 0 heterocycles. The molecule has 4 nitrogen and oxygen atoms in total. The number of esters is 1. The Morgan fingerprint density at radius 2 is 1.62 bits per heavy atom. The van der Waals surface area contributed by atoms with Crippen molar-refractivity contribution >= 4 is 27.8 Å². The van der Waals surface area contributed by atoms with Gasteiger partial charge < -0.3 is 9.64 Å². The first-order valence-electron chi connectivity index (χ1n) is 8.31. The minimum atomic E-state index is -4.58. The van der Waals surface area contributed by atoms with Gasteiger partial charge in [0.1, 0.15) is 0 Å². The molecule has 0 radical (unpaired) electrons. The second kappa shape index (κ2) is 8.41. The minimum Gasteiger partial charge on any atom is -0.469 e. The van der Waals surface area contributed by atoms with E-state index in [4.69, 9.17) is 4.74 Å². The third kappa shape index (κ3) is 4.78. The van der Waals surface area contributed by atoms with Crippen molar-refractivity contribution in [3.05, 3.63) is 34.3 Å². The SMILES string of the molecule is COC(=O)C1CCC(C(=O)N(C)[C@H](c2ccc(Br)cc2)C(F)(F)F)CC1. The maximum absolute atomic E-state index is 13.6. The molecule has 1 fully saturated rings. The second-order valence-corrected chi connectivity index (χ2v) is 7.43. The average molecular weight is 436 g/mol. The Morgan fingerprint density at radius 3 is 2.08 bits per heavy atom. The van der Waals surface area contributed by atoms with Gasteiger partial charge in [0.25, 0.3) is 0 Å². The first-order chi connectivity index (χ1) is 12.1. The van der Waals surface area contributed by atoms with Gasteiger partial charge in [-0.1, -0.05) is 28.1 Å². The molecule has 1 amide bonds. The van der Waals surface area contributed by atoms with E-state index in [2.05, 4.69) is 15.9 Å². The van der Waals surface area contributed by atoms with Crippen LogP contribution in [-0.4, -0.2) is 37.1 Å². The van der Waals surface area contributed by atoms with Gasteiger partial charge in [0, 0.05) is 17.4 Å². The van der Waals surface area contributed by atoms with E-state index in [9.17, 15) is 22.8 Å². The zero-order valence-electron chi connectivity index (χ0n) is 14.6. The molecule has 0 spiro atoms. The number of hydrogen-bond donors (Lipinski definition) is 0. The zero-order chi connectivity index (χ0) is 19.5. The van der Waals surface area contributed by atoms with Gasteiger partial charge in [-0.25, -0.2) is 0 Å². The largest absolute Gasteiger partial charge is 0.469 e. The third-order valence-electron chi connectivity index (χ3n) is 4.84. The molecule has 144 valence electrons. The molecule has 26 heavy (non-hydrogen) atoms. The van der Waals surface area contributed by atoms with Gasteiger partial charge in [0.05, 0.1) is 13.0 Å². The van der Waals surface area contributed by atoms with Crippen molar-refractivity contribution in [1.82, 2.24) is 4.90 Å². The highest BCUT2D eigenvalue weighted by atomic mass is 79.9.